The van der Waals surface area contributed by atoms with Crippen LogP contribution in [0.5, 0.6) is 0 Å². The first kappa shape index (κ1) is 19.2. The molecule has 1 amide bonds. The zero-order valence-corrected chi connectivity index (χ0v) is 14.9. The van der Waals surface area contributed by atoms with E-state index < -0.39 is 0 Å². The predicted molar refractivity (Wildman–Crippen MR) is 99.1 cm³/mol. The smallest absolute Gasteiger partial charge is 0.266 e. The topological polar surface area (TPSA) is 56.1 Å². The molecule has 0 spiro atoms. The van der Waals surface area contributed by atoms with Crippen LogP contribution in [0.25, 0.3) is 0 Å². The van der Waals surface area contributed by atoms with Gasteiger partial charge in [-0.25, -0.2) is 4.39 Å². The monoisotopic (exact) mass is 351 g/mol. The lowest BCUT2D eigenvalue weighted by Gasteiger charge is -2.26. The number of benzene rings is 2. The molecule has 0 unspecified atom stereocenters. The summed E-state index contributed by atoms with van der Waals surface area (Å²) in [5.74, 6) is -0.656. The highest BCUT2D eigenvalue weighted by molar-refractivity contribution is 5.97. The number of hydrogen-bond acceptors (Lipinski definition) is 3. The Morgan fingerprint density at radius 3 is 2.50 bits per heavy atom. The van der Waals surface area contributed by atoms with Crippen molar-refractivity contribution in [2.24, 2.45) is 0 Å². The fourth-order valence-electron chi connectivity index (χ4n) is 2.48. The van der Waals surface area contributed by atoms with Crippen LogP contribution in [0, 0.1) is 17.1 Å². The normalized spacial score (nSPS) is 11.1. The van der Waals surface area contributed by atoms with Crippen LogP contribution in [0.3, 0.4) is 0 Å². The molecular weight excluding hydrogens is 329 g/mol. The summed E-state index contributed by atoms with van der Waals surface area (Å²) in [6.07, 6.45) is 1.40. The molecule has 2 aromatic rings. The first-order valence-electron chi connectivity index (χ1n) is 8.44. The minimum atomic E-state index is -0.335. The van der Waals surface area contributed by atoms with Gasteiger partial charge >= 0.3 is 0 Å². The maximum atomic E-state index is 13.2. The van der Waals surface area contributed by atoms with E-state index in [9.17, 15) is 14.4 Å². The molecule has 0 aliphatic rings. The Kier molecular flexibility index (Phi) is 6.92. The summed E-state index contributed by atoms with van der Waals surface area (Å²) in [5, 5.41) is 12.3. The third kappa shape index (κ3) is 5.45. The van der Waals surface area contributed by atoms with Gasteiger partial charge in [-0.2, -0.15) is 5.26 Å². The van der Waals surface area contributed by atoms with Crippen molar-refractivity contribution in [3.05, 3.63) is 83.3 Å². The van der Waals surface area contributed by atoms with Crippen LogP contribution in [-0.2, 0) is 17.9 Å². The van der Waals surface area contributed by atoms with Crippen LogP contribution >= 0.6 is 0 Å². The van der Waals surface area contributed by atoms with Crippen molar-refractivity contribution >= 4 is 5.91 Å². The third-order valence-electron chi connectivity index (χ3n) is 3.87. The summed E-state index contributed by atoms with van der Waals surface area (Å²) in [6, 6.07) is 17.7. The van der Waals surface area contributed by atoms with Crippen molar-refractivity contribution in [1.82, 2.24) is 10.2 Å². The molecule has 5 heteroatoms. The third-order valence-corrected chi connectivity index (χ3v) is 3.87. The van der Waals surface area contributed by atoms with Crippen molar-refractivity contribution in [2.45, 2.75) is 33.0 Å². The molecule has 0 heterocycles. The van der Waals surface area contributed by atoms with Gasteiger partial charge in [-0.15, -0.1) is 0 Å². The van der Waals surface area contributed by atoms with Gasteiger partial charge in [0.1, 0.15) is 17.5 Å². The van der Waals surface area contributed by atoms with Gasteiger partial charge in [0.25, 0.3) is 5.91 Å². The summed E-state index contributed by atoms with van der Waals surface area (Å²) >= 11 is 0. The summed E-state index contributed by atoms with van der Waals surface area (Å²) in [7, 11) is 0. The first-order valence-corrected chi connectivity index (χ1v) is 8.44. The molecular formula is C21H22FN3O. The lowest BCUT2D eigenvalue weighted by atomic mass is 10.1. The van der Waals surface area contributed by atoms with Gasteiger partial charge in [-0.3, -0.25) is 4.79 Å². The first-order chi connectivity index (χ1) is 12.5. The zero-order valence-electron chi connectivity index (χ0n) is 14.9. The number of rotatable bonds is 7. The number of halogens is 1. The summed E-state index contributed by atoms with van der Waals surface area (Å²) < 4.78 is 13.2. The minimum absolute atomic E-state index is 0.0195. The van der Waals surface area contributed by atoms with Gasteiger partial charge in [0.2, 0.25) is 0 Å². The molecule has 0 saturated carbocycles. The number of hydrogen-bond donors (Lipinski definition) is 1. The molecule has 0 atom stereocenters. The number of carbonyl (C=O) groups excluding carboxylic acids is 1. The van der Waals surface area contributed by atoms with Gasteiger partial charge in [-0.05, 0) is 37.1 Å². The highest BCUT2D eigenvalue weighted by Gasteiger charge is 2.21. The molecule has 134 valence electrons. The van der Waals surface area contributed by atoms with E-state index in [-0.39, 0.29) is 23.3 Å². The number of carbonyl (C=O) groups is 1. The molecule has 0 aliphatic carbocycles. The second kappa shape index (κ2) is 9.38. The average Bonchev–Trinajstić information content (AvgIpc) is 2.63. The van der Waals surface area contributed by atoms with Crippen LogP contribution < -0.4 is 5.32 Å². The number of nitrogens with zero attached hydrogens (tertiary/aromatic N) is 2. The van der Waals surface area contributed by atoms with Gasteiger partial charge in [0.05, 0.1) is 0 Å². The standard InChI is InChI=1S/C21H22FN3O/c1-16(2)25(15-17-7-4-3-5-8-17)21(26)19(12-23)14-24-13-18-9-6-10-20(22)11-18/h3-11,14,16,24H,13,15H2,1-2H3/b19-14-. The largest absolute Gasteiger partial charge is 0.386 e. The lowest BCUT2D eigenvalue weighted by molar-refractivity contribution is -0.129. The van der Waals surface area contributed by atoms with Crippen LogP contribution in [0.2, 0.25) is 0 Å². The number of nitriles is 1. The Hall–Kier alpha value is -3.13. The van der Waals surface area contributed by atoms with Crippen LogP contribution in [0.4, 0.5) is 4.39 Å². The van der Waals surface area contributed by atoms with E-state index in [0.29, 0.717) is 13.1 Å². The molecule has 2 aromatic carbocycles. The van der Waals surface area contributed by atoms with Gasteiger partial charge in [0, 0.05) is 25.3 Å². The molecule has 0 bridgehead atoms. The van der Waals surface area contributed by atoms with Crippen molar-refractivity contribution in [3.63, 3.8) is 0 Å². The summed E-state index contributed by atoms with van der Waals surface area (Å²) in [4.78, 5) is 14.4. The van der Waals surface area contributed by atoms with Crippen LogP contribution in [0.1, 0.15) is 25.0 Å². The molecule has 2 rings (SSSR count). The van der Waals surface area contributed by atoms with Crippen molar-refractivity contribution in [3.8, 4) is 6.07 Å². The maximum Gasteiger partial charge on any atom is 0.266 e. The summed E-state index contributed by atoms with van der Waals surface area (Å²) in [6.45, 7) is 4.59. The SMILES string of the molecule is CC(C)N(Cc1ccccc1)C(=O)/C(C#N)=C\NCc1cccc(F)c1. The molecule has 0 saturated heterocycles. The van der Waals surface area contributed by atoms with E-state index in [1.807, 2.05) is 50.2 Å². The van der Waals surface area contributed by atoms with Gasteiger partial charge < -0.3 is 10.2 Å². The fraction of sp³-hybridized carbons (Fsp3) is 0.238. The average molecular weight is 351 g/mol. The van der Waals surface area contributed by atoms with Crippen molar-refractivity contribution in [2.75, 3.05) is 0 Å². The summed E-state index contributed by atoms with van der Waals surface area (Å²) in [5.41, 5.74) is 1.75. The van der Waals surface area contributed by atoms with Crippen LogP contribution in [-0.4, -0.2) is 16.8 Å². The number of amides is 1. The Morgan fingerprint density at radius 1 is 1.19 bits per heavy atom. The zero-order chi connectivity index (χ0) is 18.9. The molecule has 0 fully saturated rings. The Labute approximate surface area is 153 Å². The Balaban J connectivity index is 2.07. The van der Waals surface area contributed by atoms with E-state index in [1.54, 1.807) is 17.0 Å². The van der Waals surface area contributed by atoms with Crippen molar-refractivity contribution < 1.29 is 9.18 Å². The second-order valence-corrected chi connectivity index (χ2v) is 6.19. The second-order valence-electron chi connectivity index (χ2n) is 6.19. The van der Waals surface area contributed by atoms with Crippen molar-refractivity contribution in [1.29, 1.82) is 5.26 Å². The van der Waals surface area contributed by atoms with Gasteiger partial charge in [-0.1, -0.05) is 42.5 Å². The minimum Gasteiger partial charge on any atom is -0.386 e. The molecule has 4 nitrogen and oxygen atoms in total. The van der Waals surface area contributed by atoms with E-state index in [4.69, 9.17) is 0 Å². The quantitative estimate of drug-likeness (QED) is 0.610. The highest BCUT2D eigenvalue weighted by atomic mass is 19.1. The fourth-order valence-corrected chi connectivity index (χ4v) is 2.48. The molecule has 0 aromatic heterocycles. The Bertz CT molecular complexity index is 810. The maximum absolute atomic E-state index is 13.2. The van der Waals surface area contributed by atoms with E-state index >= 15 is 0 Å². The van der Waals surface area contributed by atoms with E-state index in [0.717, 1.165) is 11.1 Å². The highest BCUT2D eigenvalue weighted by Crippen LogP contribution is 2.12. The van der Waals surface area contributed by atoms with E-state index in [1.165, 1.54) is 18.3 Å². The van der Waals surface area contributed by atoms with E-state index in [2.05, 4.69) is 5.32 Å². The molecule has 26 heavy (non-hydrogen) atoms. The Morgan fingerprint density at radius 2 is 1.88 bits per heavy atom. The molecule has 1 N–H and O–H groups in total. The lowest BCUT2D eigenvalue weighted by Crippen LogP contribution is -2.37. The predicted octanol–water partition coefficient (Wildman–Crippen LogP) is 3.76. The molecule has 0 radical (unpaired) electrons. The van der Waals surface area contributed by atoms with Crippen LogP contribution in [0.15, 0.2) is 66.4 Å². The molecule has 0 aliphatic heterocycles. The van der Waals surface area contributed by atoms with Gasteiger partial charge in [0.15, 0.2) is 0 Å². The number of nitrogens with one attached hydrogen (secondary N) is 1.